The van der Waals surface area contributed by atoms with Gasteiger partial charge in [-0.3, -0.25) is 0 Å². The number of hydrogen-bond donors (Lipinski definition) is 0. The SMILES string of the molecule is CN1CCC(CN(C)c2cccc(F)c2CCl)CC1. The third kappa shape index (κ3) is 3.61. The second kappa shape index (κ2) is 6.58. The predicted molar refractivity (Wildman–Crippen MR) is 79.4 cm³/mol. The molecule has 1 fully saturated rings. The van der Waals surface area contributed by atoms with Crippen LogP contribution in [0.3, 0.4) is 0 Å². The first-order chi connectivity index (χ1) is 9.11. The van der Waals surface area contributed by atoms with E-state index in [4.69, 9.17) is 11.6 Å². The summed E-state index contributed by atoms with van der Waals surface area (Å²) >= 11 is 5.87. The van der Waals surface area contributed by atoms with Gasteiger partial charge in [-0.2, -0.15) is 0 Å². The van der Waals surface area contributed by atoms with Crippen LogP contribution in [0.4, 0.5) is 10.1 Å². The summed E-state index contributed by atoms with van der Waals surface area (Å²) in [6.45, 7) is 3.29. The minimum absolute atomic E-state index is 0.206. The van der Waals surface area contributed by atoms with Crippen LogP contribution in [0.1, 0.15) is 18.4 Å². The largest absolute Gasteiger partial charge is 0.374 e. The summed E-state index contributed by atoms with van der Waals surface area (Å²) < 4.78 is 13.7. The molecule has 1 aliphatic heterocycles. The monoisotopic (exact) mass is 284 g/mol. The number of nitrogens with zero attached hydrogens (tertiary/aromatic N) is 2. The van der Waals surface area contributed by atoms with Crippen molar-refractivity contribution in [1.29, 1.82) is 0 Å². The smallest absolute Gasteiger partial charge is 0.129 e. The maximum Gasteiger partial charge on any atom is 0.129 e. The molecule has 106 valence electrons. The van der Waals surface area contributed by atoms with Crippen molar-refractivity contribution in [2.75, 3.05) is 38.6 Å². The van der Waals surface area contributed by atoms with Crippen molar-refractivity contribution in [1.82, 2.24) is 4.90 Å². The van der Waals surface area contributed by atoms with Gasteiger partial charge in [0.15, 0.2) is 0 Å². The highest BCUT2D eigenvalue weighted by Crippen LogP contribution is 2.26. The lowest BCUT2D eigenvalue weighted by atomic mass is 9.96. The molecule has 4 heteroatoms. The summed E-state index contributed by atoms with van der Waals surface area (Å²) in [7, 11) is 4.20. The Labute approximate surface area is 120 Å². The van der Waals surface area contributed by atoms with Gasteiger partial charge in [0.1, 0.15) is 5.82 Å². The zero-order valence-corrected chi connectivity index (χ0v) is 12.5. The first kappa shape index (κ1) is 14.6. The Hall–Kier alpha value is -0.800. The van der Waals surface area contributed by atoms with Gasteiger partial charge in [-0.25, -0.2) is 4.39 Å². The second-order valence-electron chi connectivity index (χ2n) is 5.50. The number of halogens is 2. The van der Waals surface area contributed by atoms with Gasteiger partial charge in [-0.1, -0.05) is 6.07 Å². The van der Waals surface area contributed by atoms with Gasteiger partial charge in [0.25, 0.3) is 0 Å². The molecule has 2 rings (SSSR count). The molecular formula is C15H22ClFN2. The fourth-order valence-electron chi connectivity index (χ4n) is 2.77. The normalized spacial score (nSPS) is 17.7. The van der Waals surface area contributed by atoms with Crippen LogP contribution < -0.4 is 4.90 Å². The molecule has 0 aromatic heterocycles. The molecule has 0 atom stereocenters. The first-order valence-electron chi connectivity index (χ1n) is 6.85. The van der Waals surface area contributed by atoms with Gasteiger partial charge in [0.05, 0.1) is 5.88 Å². The van der Waals surface area contributed by atoms with E-state index < -0.39 is 0 Å². The molecule has 1 aliphatic rings. The summed E-state index contributed by atoms with van der Waals surface area (Å²) in [5, 5.41) is 0. The van der Waals surface area contributed by atoms with Crippen molar-refractivity contribution in [2.24, 2.45) is 5.92 Å². The van der Waals surface area contributed by atoms with Crippen molar-refractivity contribution in [3.05, 3.63) is 29.6 Å². The summed E-state index contributed by atoms with van der Waals surface area (Å²) in [6.07, 6.45) is 2.43. The van der Waals surface area contributed by atoms with E-state index >= 15 is 0 Å². The number of hydrogen-bond acceptors (Lipinski definition) is 2. The maximum atomic E-state index is 13.7. The van der Waals surface area contributed by atoms with Crippen LogP contribution in [0, 0.1) is 11.7 Å². The Morgan fingerprint density at radius 3 is 2.68 bits per heavy atom. The van der Waals surface area contributed by atoms with Gasteiger partial charge in [-0.05, 0) is 51.0 Å². The van der Waals surface area contributed by atoms with E-state index in [1.807, 2.05) is 13.1 Å². The molecule has 0 radical (unpaired) electrons. The molecule has 1 heterocycles. The summed E-state index contributed by atoms with van der Waals surface area (Å²) in [5.74, 6) is 0.704. The lowest BCUT2D eigenvalue weighted by Crippen LogP contribution is -2.36. The maximum absolute atomic E-state index is 13.7. The molecule has 0 unspecified atom stereocenters. The highest BCUT2D eigenvalue weighted by Gasteiger charge is 2.19. The molecule has 1 saturated heterocycles. The third-order valence-corrected chi connectivity index (χ3v) is 4.28. The van der Waals surface area contributed by atoms with Crippen molar-refractivity contribution >= 4 is 17.3 Å². The average molecular weight is 285 g/mol. The number of anilines is 1. The van der Waals surface area contributed by atoms with Crippen molar-refractivity contribution in [2.45, 2.75) is 18.7 Å². The topological polar surface area (TPSA) is 6.48 Å². The van der Waals surface area contributed by atoms with Gasteiger partial charge < -0.3 is 9.80 Å². The van der Waals surface area contributed by atoms with E-state index in [0.29, 0.717) is 11.5 Å². The molecule has 0 aliphatic carbocycles. The van der Waals surface area contributed by atoms with Gasteiger partial charge in [0.2, 0.25) is 0 Å². The highest BCUT2D eigenvalue weighted by molar-refractivity contribution is 6.17. The molecule has 0 N–H and O–H groups in total. The van der Waals surface area contributed by atoms with E-state index in [1.54, 1.807) is 6.07 Å². The van der Waals surface area contributed by atoms with Gasteiger partial charge in [0, 0.05) is 24.8 Å². The van der Waals surface area contributed by atoms with Crippen LogP contribution >= 0.6 is 11.6 Å². The minimum Gasteiger partial charge on any atom is -0.374 e. The average Bonchev–Trinajstić information content (AvgIpc) is 2.41. The van der Waals surface area contributed by atoms with Crippen LogP contribution in [0.2, 0.25) is 0 Å². The van der Waals surface area contributed by atoms with E-state index in [-0.39, 0.29) is 11.7 Å². The fraction of sp³-hybridized carbons (Fsp3) is 0.600. The Bertz CT molecular complexity index is 417. The third-order valence-electron chi connectivity index (χ3n) is 4.01. The van der Waals surface area contributed by atoms with Crippen molar-refractivity contribution in [3.63, 3.8) is 0 Å². The van der Waals surface area contributed by atoms with E-state index in [0.717, 1.165) is 25.3 Å². The van der Waals surface area contributed by atoms with Crippen molar-refractivity contribution < 1.29 is 4.39 Å². The number of piperidine rings is 1. The molecule has 0 bridgehead atoms. The fourth-order valence-corrected chi connectivity index (χ4v) is 3.03. The Balaban J connectivity index is 2.03. The molecule has 1 aromatic carbocycles. The number of alkyl halides is 1. The standard InChI is InChI=1S/C15H22ClFN2/c1-18-8-6-12(7-9-18)11-19(2)15-5-3-4-14(17)13(15)10-16/h3-5,12H,6-11H2,1-2H3. The van der Waals surface area contributed by atoms with Gasteiger partial charge >= 0.3 is 0 Å². The van der Waals surface area contributed by atoms with Gasteiger partial charge in [-0.15, -0.1) is 11.6 Å². The van der Waals surface area contributed by atoms with Crippen LogP contribution in [-0.2, 0) is 5.88 Å². The van der Waals surface area contributed by atoms with E-state index in [1.165, 1.54) is 18.9 Å². The molecule has 0 spiro atoms. The quantitative estimate of drug-likeness (QED) is 0.783. The lowest BCUT2D eigenvalue weighted by Gasteiger charge is -2.33. The van der Waals surface area contributed by atoms with E-state index in [2.05, 4.69) is 16.8 Å². The molecular weight excluding hydrogens is 263 g/mol. The second-order valence-corrected chi connectivity index (χ2v) is 5.77. The molecule has 2 nitrogen and oxygen atoms in total. The Kier molecular flexibility index (Phi) is 5.06. The van der Waals surface area contributed by atoms with E-state index in [9.17, 15) is 4.39 Å². The molecule has 1 aromatic rings. The van der Waals surface area contributed by atoms with Crippen LogP contribution in [-0.4, -0.2) is 38.6 Å². The van der Waals surface area contributed by atoms with Crippen molar-refractivity contribution in [3.8, 4) is 0 Å². The first-order valence-corrected chi connectivity index (χ1v) is 7.38. The van der Waals surface area contributed by atoms with Crippen LogP contribution in [0.15, 0.2) is 18.2 Å². The Morgan fingerprint density at radius 2 is 2.05 bits per heavy atom. The number of rotatable bonds is 4. The summed E-state index contributed by atoms with van der Waals surface area (Å²) in [5.41, 5.74) is 1.54. The Morgan fingerprint density at radius 1 is 1.37 bits per heavy atom. The highest BCUT2D eigenvalue weighted by atomic mass is 35.5. The zero-order chi connectivity index (χ0) is 13.8. The summed E-state index contributed by atoms with van der Waals surface area (Å²) in [6, 6.07) is 5.19. The van der Waals surface area contributed by atoms with Crippen LogP contribution in [0.5, 0.6) is 0 Å². The number of likely N-dealkylation sites (tertiary alicyclic amines) is 1. The summed E-state index contributed by atoms with van der Waals surface area (Å²) in [4.78, 5) is 4.51. The lowest BCUT2D eigenvalue weighted by molar-refractivity contribution is 0.222. The molecule has 19 heavy (non-hydrogen) atoms. The zero-order valence-electron chi connectivity index (χ0n) is 11.7. The number of benzene rings is 1. The predicted octanol–water partition coefficient (Wildman–Crippen LogP) is 3.34. The molecule has 0 saturated carbocycles. The minimum atomic E-state index is -0.206. The molecule has 0 amide bonds. The van der Waals surface area contributed by atoms with Crippen LogP contribution in [0.25, 0.3) is 0 Å².